The van der Waals surface area contributed by atoms with Gasteiger partial charge in [0, 0.05) is 13.1 Å². The molecule has 1 heterocycles. The first-order chi connectivity index (χ1) is 7.34. The van der Waals surface area contributed by atoms with Crippen LogP contribution in [0.15, 0.2) is 0 Å². The molecule has 1 aliphatic carbocycles. The van der Waals surface area contributed by atoms with Crippen LogP contribution in [0.4, 0.5) is 0 Å². The van der Waals surface area contributed by atoms with Crippen molar-refractivity contribution in [3.63, 3.8) is 0 Å². The van der Waals surface area contributed by atoms with E-state index in [1.807, 2.05) is 0 Å². The van der Waals surface area contributed by atoms with Crippen molar-refractivity contribution in [2.75, 3.05) is 32.8 Å². The molecule has 1 unspecified atom stereocenters. The van der Waals surface area contributed by atoms with Gasteiger partial charge in [-0.05, 0) is 37.6 Å². The lowest BCUT2D eigenvalue weighted by Crippen LogP contribution is -2.30. The molecule has 0 radical (unpaired) electrons. The monoisotopic (exact) mass is 212 g/mol. The van der Waals surface area contributed by atoms with Crippen LogP contribution in [-0.4, -0.2) is 38.8 Å². The predicted molar refractivity (Wildman–Crippen MR) is 57.5 cm³/mol. The smallest absolute Gasteiger partial charge is 0.246 e. The molecule has 4 heteroatoms. The summed E-state index contributed by atoms with van der Waals surface area (Å²) in [5.41, 5.74) is 0. The standard InChI is InChI=1S/C11H20N2O2/c14-11(13-6-9-1-2-9)8-15-7-10-3-4-12-5-10/h9-10,12H,1-8H2,(H,13,14). The van der Waals surface area contributed by atoms with Gasteiger partial charge in [-0.3, -0.25) is 4.79 Å². The molecule has 86 valence electrons. The number of carbonyl (C=O) groups excluding carboxylic acids is 1. The first kappa shape index (κ1) is 10.9. The van der Waals surface area contributed by atoms with Gasteiger partial charge in [0.1, 0.15) is 6.61 Å². The summed E-state index contributed by atoms with van der Waals surface area (Å²) >= 11 is 0. The molecule has 2 rings (SSSR count). The fraction of sp³-hybridized carbons (Fsp3) is 0.909. The summed E-state index contributed by atoms with van der Waals surface area (Å²) in [5, 5.41) is 6.17. The summed E-state index contributed by atoms with van der Waals surface area (Å²) in [6.07, 6.45) is 3.72. The molecule has 1 atom stereocenters. The zero-order valence-corrected chi connectivity index (χ0v) is 9.13. The van der Waals surface area contributed by atoms with E-state index in [-0.39, 0.29) is 12.5 Å². The van der Waals surface area contributed by atoms with Crippen LogP contribution in [0.2, 0.25) is 0 Å². The minimum atomic E-state index is 0.0351. The minimum Gasteiger partial charge on any atom is -0.371 e. The Hall–Kier alpha value is -0.610. The normalized spacial score (nSPS) is 25.5. The SMILES string of the molecule is O=C(COCC1CCNC1)NCC1CC1. The van der Waals surface area contributed by atoms with Gasteiger partial charge in [0.2, 0.25) is 5.91 Å². The van der Waals surface area contributed by atoms with Crippen LogP contribution in [0.3, 0.4) is 0 Å². The number of ether oxygens (including phenoxy) is 1. The van der Waals surface area contributed by atoms with Crippen LogP contribution in [0.1, 0.15) is 19.3 Å². The number of hydrogen-bond acceptors (Lipinski definition) is 3. The van der Waals surface area contributed by atoms with Crippen molar-refractivity contribution < 1.29 is 9.53 Å². The summed E-state index contributed by atoms with van der Waals surface area (Å²) in [7, 11) is 0. The molecular weight excluding hydrogens is 192 g/mol. The average molecular weight is 212 g/mol. The highest BCUT2D eigenvalue weighted by Gasteiger charge is 2.21. The van der Waals surface area contributed by atoms with Gasteiger partial charge in [-0.1, -0.05) is 0 Å². The van der Waals surface area contributed by atoms with Crippen molar-refractivity contribution in [1.82, 2.24) is 10.6 Å². The topological polar surface area (TPSA) is 50.4 Å². The van der Waals surface area contributed by atoms with Crippen LogP contribution in [0, 0.1) is 11.8 Å². The molecule has 0 aromatic carbocycles. The minimum absolute atomic E-state index is 0.0351. The van der Waals surface area contributed by atoms with Gasteiger partial charge in [-0.25, -0.2) is 0 Å². The molecule has 1 aliphatic heterocycles. The van der Waals surface area contributed by atoms with E-state index in [9.17, 15) is 4.79 Å². The molecule has 0 bridgehead atoms. The van der Waals surface area contributed by atoms with E-state index >= 15 is 0 Å². The van der Waals surface area contributed by atoms with Crippen molar-refractivity contribution in [1.29, 1.82) is 0 Å². The van der Waals surface area contributed by atoms with Crippen molar-refractivity contribution >= 4 is 5.91 Å². The predicted octanol–water partition coefficient (Wildman–Crippen LogP) is 0.139. The van der Waals surface area contributed by atoms with Gasteiger partial charge in [0.05, 0.1) is 6.61 Å². The van der Waals surface area contributed by atoms with E-state index in [2.05, 4.69) is 10.6 Å². The number of amides is 1. The molecule has 1 saturated carbocycles. The van der Waals surface area contributed by atoms with E-state index in [4.69, 9.17) is 4.74 Å². The zero-order valence-electron chi connectivity index (χ0n) is 9.13. The number of nitrogens with one attached hydrogen (secondary N) is 2. The Balaban J connectivity index is 1.46. The Morgan fingerprint density at radius 2 is 2.20 bits per heavy atom. The van der Waals surface area contributed by atoms with Crippen molar-refractivity contribution in [3.8, 4) is 0 Å². The summed E-state index contributed by atoms with van der Waals surface area (Å²) < 4.78 is 5.38. The maximum absolute atomic E-state index is 11.3. The number of rotatable bonds is 6. The van der Waals surface area contributed by atoms with Gasteiger partial charge in [-0.2, -0.15) is 0 Å². The second-order valence-electron chi connectivity index (χ2n) is 4.62. The highest BCUT2D eigenvalue weighted by molar-refractivity contribution is 5.77. The van der Waals surface area contributed by atoms with Gasteiger partial charge in [0.15, 0.2) is 0 Å². The van der Waals surface area contributed by atoms with Gasteiger partial charge in [0.25, 0.3) is 0 Å². The Morgan fingerprint density at radius 1 is 1.33 bits per heavy atom. The summed E-state index contributed by atoms with van der Waals surface area (Å²) in [6, 6.07) is 0. The quantitative estimate of drug-likeness (QED) is 0.658. The third-order valence-corrected chi connectivity index (χ3v) is 3.03. The second kappa shape index (κ2) is 5.47. The third-order valence-electron chi connectivity index (χ3n) is 3.03. The molecule has 2 fully saturated rings. The van der Waals surface area contributed by atoms with E-state index in [0.29, 0.717) is 12.5 Å². The molecule has 0 spiro atoms. The molecule has 1 amide bonds. The lowest BCUT2D eigenvalue weighted by Gasteiger charge is -2.09. The molecule has 15 heavy (non-hydrogen) atoms. The van der Waals surface area contributed by atoms with Crippen molar-refractivity contribution in [2.45, 2.75) is 19.3 Å². The second-order valence-corrected chi connectivity index (χ2v) is 4.62. The maximum Gasteiger partial charge on any atom is 0.246 e. The van der Waals surface area contributed by atoms with Crippen LogP contribution in [-0.2, 0) is 9.53 Å². The van der Waals surface area contributed by atoms with Crippen molar-refractivity contribution in [2.24, 2.45) is 11.8 Å². The van der Waals surface area contributed by atoms with Crippen LogP contribution in [0.25, 0.3) is 0 Å². The van der Waals surface area contributed by atoms with Crippen molar-refractivity contribution in [3.05, 3.63) is 0 Å². The van der Waals surface area contributed by atoms with Crippen LogP contribution < -0.4 is 10.6 Å². The highest BCUT2D eigenvalue weighted by atomic mass is 16.5. The lowest BCUT2D eigenvalue weighted by atomic mass is 10.1. The van der Waals surface area contributed by atoms with Crippen LogP contribution in [0.5, 0.6) is 0 Å². The van der Waals surface area contributed by atoms with E-state index in [0.717, 1.165) is 25.6 Å². The Kier molecular flexibility index (Phi) is 3.97. The molecule has 2 N–H and O–H groups in total. The summed E-state index contributed by atoms with van der Waals surface area (Å²) in [4.78, 5) is 11.3. The Labute approximate surface area is 90.8 Å². The molecule has 4 nitrogen and oxygen atoms in total. The fourth-order valence-electron chi connectivity index (χ4n) is 1.81. The first-order valence-electron chi connectivity index (χ1n) is 5.90. The highest BCUT2D eigenvalue weighted by Crippen LogP contribution is 2.27. The molecule has 0 aromatic heterocycles. The molecular formula is C11H20N2O2. The lowest BCUT2D eigenvalue weighted by molar-refractivity contribution is -0.126. The van der Waals surface area contributed by atoms with Crippen LogP contribution >= 0.6 is 0 Å². The summed E-state index contributed by atoms with van der Waals surface area (Å²) in [5.74, 6) is 1.38. The zero-order chi connectivity index (χ0) is 10.5. The largest absolute Gasteiger partial charge is 0.371 e. The Morgan fingerprint density at radius 3 is 2.87 bits per heavy atom. The number of carbonyl (C=O) groups is 1. The molecule has 0 aromatic rings. The molecule has 1 saturated heterocycles. The van der Waals surface area contributed by atoms with Gasteiger partial charge < -0.3 is 15.4 Å². The fourth-order valence-corrected chi connectivity index (χ4v) is 1.81. The Bertz CT molecular complexity index is 211. The average Bonchev–Trinajstić information content (AvgIpc) is 2.92. The number of hydrogen-bond donors (Lipinski definition) is 2. The van der Waals surface area contributed by atoms with Gasteiger partial charge in [-0.15, -0.1) is 0 Å². The maximum atomic E-state index is 11.3. The van der Waals surface area contributed by atoms with Gasteiger partial charge >= 0.3 is 0 Å². The third kappa shape index (κ3) is 4.18. The first-order valence-corrected chi connectivity index (χ1v) is 5.90. The van der Waals surface area contributed by atoms with E-state index in [1.54, 1.807) is 0 Å². The molecule has 2 aliphatic rings. The summed E-state index contributed by atoms with van der Waals surface area (Å²) in [6.45, 7) is 3.89. The van der Waals surface area contributed by atoms with E-state index in [1.165, 1.54) is 19.3 Å². The van der Waals surface area contributed by atoms with E-state index < -0.39 is 0 Å².